The largest absolute Gasteiger partial charge is 0.368 e. The van der Waals surface area contributed by atoms with Crippen LogP contribution in [0, 0.1) is 12.8 Å². The molecule has 0 aliphatic heterocycles. The summed E-state index contributed by atoms with van der Waals surface area (Å²) in [5.74, 6) is 1.77. The van der Waals surface area contributed by atoms with Crippen LogP contribution in [0.4, 0.5) is 5.82 Å². The van der Waals surface area contributed by atoms with E-state index in [-0.39, 0.29) is 12.4 Å². The fraction of sp³-hybridized carbons (Fsp3) is 0.750. The van der Waals surface area contributed by atoms with E-state index in [4.69, 9.17) is 0 Å². The fourth-order valence-corrected chi connectivity index (χ4v) is 1.40. The highest BCUT2D eigenvalue weighted by atomic mass is 35.5. The Morgan fingerprint density at radius 3 is 2.38 bits per heavy atom. The van der Waals surface area contributed by atoms with E-state index in [1.807, 2.05) is 4.68 Å². The summed E-state index contributed by atoms with van der Waals surface area (Å²) in [6.07, 6.45) is 3.29. The molecule has 0 spiro atoms. The van der Waals surface area contributed by atoms with Crippen molar-refractivity contribution in [3.05, 3.63) is 11.8 Å². The second-order valence-electron chi connectivity index (χ2n) is 4.84. The van der Waals surface area contributed by atoms with Crippen LogP contribution in [0.2, 0.25) is 0 Å². The monoisotopic (exact) mass is 245 g/mol. The van der Waals surface area contributed by atoms with Gasteiger partial charge in [0, 0.05) is 24.3 Å². The molecule has 0 aromatic carbocycles. The molecule has 0 aliphatic carbocycles. The highest BCUT2D eigenvalue weighted by Crippen LogP contribution is 2.15. The van der Waals surface area contributed by atoms with Gasteiger partial charge in [-0.25, -0.2) is 0 Å². The molecule has 4 heteroatoms. The molecule has 0 unspecified atom stereocenters. The van der Waals surface area contributed by atoms with Crippen LogP contribution in [-0.2, 0) is 0 Å². The number of aromatic nitrogens is 2. The fourth-order valence-electron chi connectivity index (χ4n) is 1.40. The Bertz CT molecular complexity index is 305. The molecule has 0 saturated heterocycles. The molecule has 16 heavy (non-hydrogen) atoms. The first-order valence-electron chi connectivity index (χ1n) is 5.80. The third-order valence-corrected chi connectivity index (χ3v) is 2.46. The Kier molecular flexibility index (Phi) is 6.49. The lowest BCUT2D eigenvalue weighted by molar-refractivity contribution is 0.532. The van der Waals surface area contributed by atoms with E-state index >= 15 is 0 Å². The first-order valence-corrected chi connectivity index (χ1v) is 5.80. The predicted octanol–water partition coefficient (Wildman–Crippen LogP) is 3.65. The summed E-state index contributed by atoms with van der Waals surface area (Å²) in [4.78, 5) is 0. The standard InChI is InChI=1S/C12H23N3.ClH/c1-9(2)6-7-13-12-11(5)8-15(14-12)10(3)4;/h8-10H,6-7H2,1-5H3,(H,13,14);1H. The van der Waals surface area contributed by atoms with Gasteiger partial charge in [0.2, 0.25) is 0 Å². The Balaban J connectivity index is 0.00000225. The van der Waals surface area contributed by atoms with Crippen molar-refractivity contribution in [2.75, 3.05) is 11.9 Å². The summed E-state index contributed by atoms with van der Waals surface area (Å²) in [5.41, 5.74) is 1.23. The molecule has 0 amide bonds. The van der Waals surface area contributed by atoms with Crippen molar-refractivity contribution in [3.8, 4) is 0 Å². The van der Waals surface area contributed by atoms with Crippen LogP contribution in [0.25, 0.3) is 0 Å². The number of hydrogen-bond donors (Lipinski definition) is 1. The number of aryl methyl sites for hydroxylation is 1. The van der Waals surface area contributed by atoms with Gasteiger partial charge in [0.15, 0.2) is 5.82 Å². The van der Waals surface area contributed by atoms with Crippen LogP contribution in [-0.4, -0.2) is 16.3 Å². The highest BCUT2D eigenvalue weighted by molar-refractivity contribution is 5.85. The Morgan fingerprint density at radius 1 is 1.31 bits per heavy atom. The Labute approximate surface area is 105 Å². The third kappa shape index (κ3) is 4.44. The van der Waals surface area contributed by atoms with Gasteiger partial charge in [-0.15, -0.1) is 12.4 Å². The minimum Gasteiger partial charge on any atom is -0.368 e. The second-order valence-corrected chi connectivity index (χ2v) is 4.84. The minimum absolute atomic E-state index is 0. The van der Waals surface area contributed by atoms with E-state index in [0.717, 1.165) is 18.3 Å². The third-order valence-electron chi connectivity index (χ3n) is 2.46. The zero-order valence-corrected chi connectivity index (χ0v) is 11.8. The summed E-state index contributed by atoms with van der Waals surface area (Å²) in [7, 11) is 0. The quantitative estimate of drug-likeness (QED) is 0.858. The van der Waals surface area contributed by atoms with Crippen LogP contribution in [0.15, 0.2) is 6.20 Å². The molecule has 1 aromatic rings. The van der Waals surface area contributed by atoms with Gasteiger partial charge in [0.05, 0.1) is 0 Å². The molecule has 0 aliphatic rings. The number of hydrogen-bond acceptors (Lipinski definition) is 2. The zero-order valence-electron chi connectivity index (χ0n) is 10.9. The lowest BCUT2D eigenvalue weighted by Gasteiger charge is -2.07. The minimum atomic E-state index is 0. The van der Waals surface area contributed by atoms with E-state index in [9.17, 15) is 0 Å². The van der Waals surface area contributed by atoms with Gasteiger partial charge in [-0.1, -0.05) is 13.8 Å². The molecule has 0 bridgehead atoms. The molecule has 1 N–H and O–H groups in total. The van der Waals surface area contributed by atoms with E-state index in [0.29, 0.717) is 6.04 Å². The van der Waals surface area contributed by atoms with Crippen LogP contribution >= 0.6 is 12.4 Å². The van der Waals surface area contributed by atoms with E-state index < -0.39 is 0 Å². The number of nitrogens with zero attached hydrogens (tertiary/aromatic N) is 2. The van der Waals surface area contributed by atoms with Gasteiger partial charge in [-0.2, -0.15) is 5.10 Å². The van der Waals surface area contributed by atoms with Gasteiger partial charge >= 0.3 is 0 Å². The lowest BCUT2D eigenvalue weighted by Crippen LogP contribution is -2.07. The summed E-state index contributed by atoms with van der Waals surface area (Å²) in [6.45, 7) is 11.9. The topological polar surface area (TPSA) is 29.9 Å². The number of anilines is 1. The first-order chi connectivity index (χ1) is 7.00. The summed E-state index contributed by atoms with van der Waals surface area (Å²) < 4.78 is 2.01. The summed E-state index contributed by atoms with van der Waals surface area (Å²) in [5, 5.41) is 7.90. The molecular formula is C12H24ClN3. The molecule has 3 nitrogen and oxygen atoms in total. The predicted molar refractivity (Wildman–Crippen MR) is 72.5 cm³/mol. The van der Waals surface area contributed by atoms with Crippen LogP contribution < -0.4 is 5.32 Å². The first kappa shape index (κ1) is 15.3. The van der Waals surface area contributed by atoms with E-state index in [2.05, 4.69) is 51.2 Å². The molecule has 94 valence electrons. The molecule has 1 rings (SSSR count). The maximum absolute atomic E-state index is 4.51. The van der Waals surface area contributed by atoms with E-state index in [1.54, 1.807) is 0 Å². The zero-order chi connectivity index (χ0) is 11.4. The van der Waals surface area contributed by atoms with Crippen LogP contribution in [0.3, 0.4) is 0 Å². The normalized spacial score (nSPS) is 10.7. The lowest BCUT2D eigenvalue weighted by atomic mass is 10.1. The molecular weight excluding hydrogens is 222 g/mol. The van der Waals surface area contributed by atoms with Crippen LogP contribution in [0.5, 0.6) is 0 Å². The van der Waals surface area contributed by atoms with Crippen LogP contribution in [0.1, 0.15) is 45.7 Å². The average molecular weight is 246 g/mol. The van der Waals surface area contributed by atoms with Crippen molar-refractivity contribution >= 4 is 18.2 Å². The number of nitrogens with one attached hydrogen (secondary N) is 1. The maximum atomic E-state index is 4.51. The smallest absolute Gasteiger partial charge is 0.150 e. The molecule has 1 aromatic heterocycles. The SMILES string of the molecule is Cc1cn(C(C)C)nc1NCCC(C)C.Cl. The number of halogens is 1. The Hall–Kier alpha value is -0.700. The molecule has 0 fully saturated rings. The Morgan fingerprint density at radius 2 is 1.94 bits per heavy atom. The molecule has 0 radical (unpaired) electrons. The summed E-state index contributed by atoms with van der Waals surface area (Å²) in [6, 6.07) is 0.435. The molecule has 0 atom stereocenters. The van der Waals surface area contributed by atoms with Crippen molar-refractivity contribution in [1.82, 2.24) is 9.78 Å². The highest BCUT2D eigenvalue weighted by Gasteiger charge is 2.06. The van der Waals surface area contributed by atoms with Crippen molar-refractivity contribution in [2.45, 2.75) is 47.1 Å². The van der Waals surface area contributed by atoms with Gasteiger partial charge in [-0.05, 0) is 33.1 Å². The summed E-state index contributed by atoms with van der Waals surface area (Å²) >= 11 is 0. The van der Waals surface area contributed by atoms with Gasteiger partial charge in [-0.3, -0.25) is 4.68 Å². The van der Waals surface area contributed by atoms with Gasteiger partial charge < -0.3 is 5.32 Å². The van der Waals surface area contributed by atoms with Gasteiger partial charge in [0.25, 0.3) is 0 Å². The van der Waals surface area contributed by atoms with Crippen molar-refractivity contribution in [2.24, 2.45) is 5.92 Å². The average Bonchev–Trinajstić information content (AvgIpc) is 2.47. The molecule has 0 saturated carbocycles. The van der Waals surface area contributed by atoms with Gasteiger partial charge in [0.1, 0.15) is 0 Å². The van der Waals surface area contributed by atoms with Crippen molar-refractivity contribution in [1.29, 1.82) is 0 Å². The van der Waals surface area contributed by atoms with Crippen molar-refractivity contribution in [3.63, 3.8) is 0 Å². The maximum Gasteiger partial charge on any atom is 0.150 e. The molecule has 1 heterocycles. The second kappa shape index (κ2) is 6.79. The van der Waals surface area contributed by atoms with Crippen molar-refractivity contribution < 1.29 is 0 Å². The number of rotatable bonds is 5. The van der Waals surface area contributed by atoms with E-state index in [1.165, 1.54) is 12.0 Å².